The number of amides is 1. The average Bonchev–Trinajstić information content (AvgIpc) is 2.91. The van der Waals surface area contributed by atoms with Crippen LogP contribution in [0.2, 0.25) is 0 Å². The van der Waals surface area contributed by atoms with Gasteiger partial charge in [0.25, 0.3) is 11.6 Å². The van der Waals surface area contributed by atoms with Crippen LogP contribution in [-0.2, 0) is 11.4 Å². The normalized spacial score (nSPS) is 11.0. The van der Waals surface area contributed by atoms with E-state index in [1.54, 1.807) is 18.2 Å². The first-order chi connectivity index (χ1) is 18.4. The molecule has 0 bridgehead atoms. The van der Waals surface area contributed by atoms with Crippen molar-refractivity contribution >= 4 is 56.7 Å². The monoisotopic (exact) mass is 619 g/mol. The number of ether oxygens (including phenoxy) is 2. The lowest BCUT2D eigenvalue weighted by atomic mass is 10.1. The molecule has 0 radical (unpaired) electrons. The van der Waals surface area contributed by atoms with Gasteiger partial charge in [-0.15, -0.1) is 0 Å². The van der Waals surface area contributed by atoms with Gasteiger partial charge in [0.1, 0.15) is 23.9 Å². The number of benzene rings is 4. The number of nitrogens with zero attached hydrogens (tertiary/aromatic N) is 2. The molecule has 9 heteroatoms. The van der Waals surface area contributed by atoms with Crippen molar-refractivity contribution in [1.82, 2.24) is 0 Å². The molecule has 4 aromatic carbocycles. The Morgan fingerprint density at radius 2 is 1.82 bits per heavy atom. The van der Waals surface area contributed by atoms with Gasteiger partial charge in [-0.2, -0.15) is 5.26 Å². The molecule has 1 amide bonds. The van der Waals surface area contributed by atoms with E-state index in [2.05, 4.69) is 34.0 Å². The number of nitriles is 1. The number of nitro benzene ring substituents is 1. The lowest BCUT2D eigenvalue weighted by Crippen LogP contribution is -2.14. The van der Waals surface area contributed by atoms with E-state index < -0.39 is 10.8 Å². The topological polar surface area (TPSA) is 114 Å². The molecular formula is C29H22IN3O5. The van der Waals surface area contributed by atoms with E-state index in [-0.39, 0.29) is 16.9 Å². The minimum absolute atomic E-state index is 0.00502. The molecule has 0 saturated heterocycles. The summed E-state index contributed by atoms with van der Waals surface area (Å²) in [7, 11) is 0. The lowest BCUT2D eigenvalue weighted by molar-refractivity contribution is -0.383. The zero-order valence-corrected chi connectivity index (χ0v) is 22.5. The molecule has 0 heterocycles. The van der Waals surface area contributed by atoms with Crippen LogP contribution in [0.1, 0.15) is 18.1 Å². The maximum Gasteiger partial charge on any atom is 0.292 e. The Morgan fingerprint density at radius 3 is 2.58 bits per heavy atom. The number of hydrogen-bond acceptors (Lipinski definition) is 6. The molecule has 8 nitrogen and oxygen atoms in total. The first-order valence-corrected chi connectivity index (χ1v) is 12.7. The second-order valence-corrected chi connectivity index (χ2v) is 9.25. The summed E-state index contributed by atoms with van der Waals surface area (Å²) >= 11 is 2.13. The van der Waals surface area contributed by atoms with Crippen molar-refractivity contribution in [2.45, 2.75) is 13.5 Å². The molecule has 0 spiro atoms. The minimum Gasteiger partial charge on any atom is -0.490 e. The molecule has 0 aromatic heterocycles. The van der Waals surface area contributed by atoms with E-state index in [4.69, 9.17) is 9.47 Å². The molecule has 0 aliphatic rings. The molecule has 1 N–H and O–H groups in total. The predicted octanol–water partition coefficient (Wildman–Crippen LogP) is 6.88. The quantitative estimate of drug-likeness (QED) is 0.0719. The Morgan fingerprint density at radius 1 is 1.08 bits per heavy atom. The Labute approximate surface area is 232 Å². The number of carbonyl (C=O) groups is 1. The van der Waals surface area contributed by atoms with Gasteiger partial charge >= 0.3 is 0 Å². The number of rotatable bonds is 9. The van der Waals surface area contributed by atoms with Crippen molar-refractivity contribution in [3.63, 3.8) is 0 Å². The van der Waals surface area contributed by atoms with Crippen LogP contribution in [0.15, 0.2) is 84.4 Å². The second-order valence-electron chi connectivity index (χ2n) is 8.09. The number of fused-ring (bicyclic) bond motifs is 1. The van der Waals surface area contributed by atoms with Crippen LogP contribution in [0, 0.1) is 25.0 Å². The van der Waals surface area contributed by atoms with Crippen LogP contribution in [0.4, 0.5) is 11.4 Å². The molecule has 0 saturated carbocycles. The zero-order chi connectivity index (χ0) is 27.1. The first-order valence-electron chi connectivity index (χ1n) is 11.6. The van der Waals surface area contributed by atoms with Crippen LogP contribution in [0.25, 0.3) is 16.8 Å². The van der Waals surface area contributed by atoms with Crippen molar-refractivity contribution in [2.24, 2.45) is 0 Å². The third-order valence-corrected chi connectivity index (χ3v) is 6.41. The fraction of sp³-hybridized carbons (Fsp3) is 0.103. The Hall–Kier alpha value is -4.43. The highest BCUT2D eigenvalue weighted by molar-refractivity contribution is 14.1. The molecule has 0 aliphatic heterocycles. The van der Waals surface area contributed by atoms with Gasteiger partial charge in [0.15, 0.2) is 11.5 Å². The summed E-state index contributed by atoms with van der Waals surface area (Å²) in [6.45, 7) is 2.57. The number of halogens is 1. The predicted molar refractivity (Wildman–Crippen MR) is 154 cm³/mol. The van der Waals surface area contributed by atoms with Crippen LogP contribution in [0.5, 0.6) is 11.5 Å². The van der Waals surface area contributed by atoms with E-state index >= 15 is 0 Å². The highest BCUT2D eigenvalue weighted by Gasteiger charge is 2.18. The molecule has 4 rings (SSSR count). The van der Waals surface area contributed by atoms with Crippen LogP contribution < -0.4 is 14.8 Å². The van der Waals surface area contributed by atoms with E-state index in [1.165, 1.54) is 24.3 Å². The van der Waals surface area contributed by atoms with Crippen molar-refractivity contribution in [3.8, 4) is 17.6 Å². The van der Waals surface area contributed by atoms with E-state index in [0.29, 0.717) is 30.3 Å². The molecule has 4 aromatic rings. The number of para-hydroxylation sites is 2. The summed E-state index contributed by atoms with van der Waals surface area (Å²) in [6, 6.07) is 25.2. The summed E-state index contributed by atoms with van der Waals surface area (Å²) in [5, 5.41) is 25.6. The summed E-state index contributed by atoms with van der Waals surface area (Å²) in [5.74, 6) is 0.272. The standard InChI is InChI=1S/C29H22IN3O5/c1-2-37-27-16-19(14-22(17-31)29(34)32-25-12-5-6-13-26(25)33(35)36)15-24(30)28(27)38-18-21-10-7-9-20-8-3-4-11-23(20)21/h3-16H,2,18H2,1H3,(H,32,34)/b22-14-. The third-order valence-electron chi connectivity index (χ3n) is 5.61. The maximum absolute atomic E-state index is 12.8. The largest absolute Gasteiger partial charge is 0.490 e. The summed E-state index contributed by atoms with van der Waals surface area (Å²) in [5.41, 5.74) is 1.10. The van der Waals surface area contributed by atoms with Crippen molar-refractivity contribution in [1.29, 1.82) is 5.26 Å². The summed E-state index contributed by atoms with van der Waals surface area (Å²) < 4.78 is 12.8. The smallest absolute Gasteiger partial charge is 0.292 e. The Balaban J connectivity index is 1.60. The lowest BCUT2D eigenvalue weighted by Gasteiger charge is -2.16. The Bertz CT molecular complexity index is 1590. The number of nitrogens with one attached hydrogen (secondary N) is 1. The number of hydrogen-bond donors (Lipinski definition) is 1. The van der Waals surface area contributed by atoms with Gasteiger partial charge in [0.2, 0.25) is 0 Å². The highest BCUT2D eigenvalue weighted by Crippen LogP contribution is 2.36. The van der Waals surface area contributed by atoms with Crippen molar-refractivity contribution in [2.75, 3.05) is 11.9 Å². The van der Waals surface area contributed by atoms with Gasteiger partial charge < -0.3 is 14.8 Å². The number of nitro groups is 1. The average molecular weight is 619 g/mol. The Kier molecular flexibility index (Phi) is 8.55. The summed E-state index contributed by atoms with van der Waals surface area (Å²) in [6.07, 6.45) is 1.41. The van der Waals surface area contributed by atoms with Gasteiger partial charge in [0.05, 0.1) is 15.1 Å². The molecule has 190 valence electrons. The molecule has 0 fully saturated rings. The minimum atomic E-state index is -0.758. The summed E-state index contributed by atoms with van der Waals surface area (Å²) in [4.78, 5) is 23.4. The highest BCUT2D eigenvalue weighted by atomic mass is 127. The third kappa shape index (κ3) is 6.10. The van der Waals surface area contributed by atoms with Gasteiger partial charge in [-0.1, -0.05) is 54.6 Å². The fourth-order valence-electron chi connectivity index (χ4n) is 3.89. The molecule has 38 heavy (non-hydrogen) atoms. The van der Waals surface area contributed by atoms with Crippen molar-refractivity contribution in [3.05, 3.63) is 109 Å². The van der Waals surface area contributed by atoms with Crippen molar-refractivity contribution < 1.29 is 19.2 Å². The van der Waals surface area contributed by atoms with E-state index in [9.17, 15) is 20.2 Å². The molecular weight excluding hydrogens is 597 g/mol. The van der Waals surface area contributed by atoms with Crippen LogP contribution >= 0.6 is 22.6 Å². The zero-order valence-electron chi connectivity index (χ0n) is 20.3. The molecule has 0 atom stereocenters. The van der Waals surface area contributed by atoms with Gasteiger partial charge in [-0.25, -0.2) is 0 Å². The maximum atomic E-state index is 12.8. The fourth-order valence-corrected chi connectivity index (χ4v) is 4.67. The van der Waals surface area contributed by atoms with E-state index in [1.807, 2.05) is 49.4 Å². The van der Waals surface area contributed by atoms with E-state index in [0.717, 1.165) is 19.9 Å². The number of anilines is 1. The molecule has 0 aliphatic carbocycles. The SMILES string of the molecule is CCOc1cc(/C=C(/C#N)C(=O)Nc2ccccc2[N+](=O)[O-])cc(I)c1OCc1cccc2ccccc12. The van der Waals surface area contributed by atoms with Gasteiger partial charge in [0, 0.05) is 6.07 Å². The second kappa shape index (κ2) is 12.2. The molecule has 0 unspecified atom stereocenters. The van der Waals surface area contributed by atoms with Crippen LogP contribution in [-0.4, -0.2) is 17.4 Å². The number of carbonyl (C=O) groups excluding carboxylic acids is 1. The van der Waals surface area contributed by atoms with Crippen LogP contribution in [0.3, 0.4) is 0 Å². The van der Waals surface area contributed by atoms with Gasteiger partial charge in [-0.3, -0.25) is 14.9 Å². The van der Waals surface area contributed by atoms with Gasteiger partial charge in [-0.05, 0) is 75.7 Å². The first kappa shape index (κ1) is 26.6.